The minimum Gasteiger partial charge on any atom is -0.424 e. The van der Waals surface area contributed by atoms with Crippen molar-refractivity contribution in [3.63, 3.8) is 0 Å². The quantitative estimate of drug-likeness (QED) is 0.632. The molecule has 0 N–H and O–H groups in total. The number of ether oxygens (including phenoxy) is 1. The maximum absolute atomic E-state index is 13.0. The first-order valence-electron chi connectivity index (χ1n) is 9.73. The summed E-state index contributed by atoms with van der Waals surface area (Å²) in [6, 6.07) is 13.4. The van der Waals surface area contributed by atoms with Gasteiger partial charge in [0.05, 0.1) is 0 Å². The number of nitrogens with zero attached hydrogens (tertiary/aromatic N) is 3. The molecule has 2 heterocycles. The lowest BCUT2D eigenvalue weighted by molar-refractivity contribution is 0.0697. The van der Waals surface area contributed by atoms with Crippen molar-refractivity contribution in [2.45, 2.75) is 19.8 Å². The predicted molar refractivity (Wildman–Crippen MR) is 108 cm³/mol. The van der Waals surface area contributed by atoms with Gasteiger partial charge in [-0.3, -0.25) is 4.79 Å². The third-order valence-corrected chi connectivity index (χ3v) is 5.16. The summed E-state index contributed by atoms with van der Waals surface area (Å²) in [6.07, 6.45) is 5.40. The van der Waals surface area contributed by atoms with Crippen LogP contribution in [0.2, 0.25) is 0 Å². The smallest absolute Gasteiger partial charge is 0.321 e. The summed E-state index contributed by atoms with van der Waals surface area (Å²) in [5, 5.41) is 0. The highest BCUT2D eigenvalue weighted by molar-refractivity contribution is 5.95. The molecule has 5 nitrogen and oxygen atoms in total. The highest BCUT2D eigenvalue weighted by Gasteiger charge is 2.21. The molecule has 1 aliphatic rings. The fraction of sp³-hybridized carbons (Fsp3) is 0.261. The molecule has 1 amide bonds. The number of hydrogen-bond acceptors (Lipinski definition) is 4. The van der Waals surface area contributed by atoms with E-state index in [1.807, 2.05) is 29.2 Å². The highest BCUT2D eigenvalue weighted by atomic mass is 19.1. The van der Waals surface area contributed by atoms with Crippen LogP contribution in [0.15, 0.2) is 60.9 Å². The van der Waals surface area contributed by atoms with E-state index in [1.165, 1.54) is 24.3 Å². The summed E-state index contributed by atoms with van der Waals surface area (Å²) in [7, 11) is 0. The van der Waals surface area contributed by atoms with Gasteiger partial charge in [-0.15, -0.1) is 0 Å². The summed E-state index contributed by atoms with van der Waals surface area (Å²) in [6.45, 7) is 3.84. The lowest BCUT2D eigenvalue weighted by atomic mass is 9.98. The Bertz CT molecular complexity index is 982. The van der Waals surface area contributed by atoms with Crippen molar-refractivity contribution in [2.24, 2.45) is 5.92 Å². The van der Waals surface area contributed by atoms with Gasteiger partial charge in [0.1, 0.15) is 11.6 Å². The van der Waals surface area contributed by atoms with Crippen LogP contribution < -0.4 is 4.74 Å². The Labute approximate surface area is 169 Å². The minimum absolute atomic E-state index is 0.0657. The van der Waals surface area contributed by atoms with Crippen LogP contribution in [0.1, 0.15) is 30.1 Å². The Kier molecular flexibility index (Phi) is 5.51. The first-order valence-corrected chi connectivity index (χ1v) is 9.73. The third-order valence-electron chi connectivity index (χ3n) is 5.16. The molecule has 3 aromatic rings. The zero-order valence-corrected chi connectivity index (χ0v) is 16.2. The Morgan fingerprint density at radius 2 is 1.72 bits per heavy atom. The summed E-state index contributed by atoms with van der Waals surface area (Å²) < 4.78 is 18.5. The molecular formula is C23H22FN3O2. The average Bonchev–Trinajstić information content (AvgIpc) is 2.76. The predicted octanol–water partition coefficient (Wildman–Crippen LogP) is 4.95. The van der Waals surface area contributed by atoms with Gasteiger partial charge in [0.25, 0.3) is 5.91 Å². The summed E-state index contributed by atoms with van der Waals surface area (Å²) >= 11 is 0. The number of aromatic nitrogens is 2. The number of amides is 1. The molecule has 1 saturated heterocycles. The fourth-order valence-corrected chi connectivity index (χ4v) is 3.35. The third kappa shape index (κ3) is 4.59. The van der Waals surface area contributed by atoms with Gasteiger partial charge < -0.3 is 9.64 Å². The summed E-state index contributed by atoms with van der Waals surface area (Å²) in [4.78, 5) is 23.2. The van der Waals surface area contributed by atoms with Gasteiger partial charge in [0.15, 0.2) is 0 Å². The molecule has 0 radical (unpaired) electrons. The molecule has 0 unspecified atom stereocenters. The van der Waals surface area contributed by atoms with E-state index in [4.69, 9.17) is 4.74 Å². The Morgan fingerprint density at radius 3 is 2.41 bits per heavy atom. The van der Waals surface area contributed by atoms with Crippen LogP contribution in [0, 0.1) is 11.7 Å². The van der Waals surface area contributed by atoms with Crippen LogP contribution in [0.3, 0.4) is 0 Å². The molecule has 1 aromatic heterocycles. The lowest BCUT2D eigenvalue weighted by Gasteiger charge is -2.30. The largest absolute Gasteiger partial charge is 0.424 e. The van der Waals surface area contributed by atoms with E-state index in [0.29, 0.717) is 17.2 Å². The van der Waals surface area contributed by atoms with Crippen LogP contribution in [-0.2, 0) is 0 Å². The fourth-order valence-electron chi connectivity index (χ4n) is 3.35. The van der Waals surface area contributed by atoms with Crippen LogP contribution in [0.5, 0.6) is 11.8 Å². The van der Waals surface area contributed by atoms with Crippen molar-refractivity contribution in [1.82, 2.24) is 14.9 Å². The summed E-state index contributed by atoms with van der Waals surface area (Å²) in [5.41, 5.74) is 2.33. The number of carbonyl (C=O) groups is 1. The van der Waals surface area contributed by atoms with E-state index >= 15 is 0 Å². The van der Waals surface area contributed by atoms with E-state index in [-0.39, 0.29) is 17.7 Å². The Morgan fingerprint density at radius 1 is 1.03 bits per heavy atom. The van der Waals surface area contributed by atoms with Crippen molar-refractivity contribution in [3.8, 4) is 22.9 Å². The molecule has 0 atom stereocenters. The minimum atomic E-state index is -0.331. The number of benzene rings is 2. The molecule has 29 heavy (non-hydrogen) atoms. The normalized spacial score (nSPS) is 14.6. The van der Waals surface area contributed by atoms with E-state index in [1.54, 1.807) is 12.4 Å². The van der Waals surface area contributed by atoms with Gasteiger partial charge in [-0.2, -0.15) is 0 Å². The van der Waals surface area contributed by atoms with Gasteiger partial charge in [-0.05, 0) is 60.7 Å². The van der Waals surface area contributed by atoms with Crippen molar-refractivity contribution in [2.75, 3.05) is 13.1 Å². The topological polar surface area (TPSA) is 55.3 Å². The van der Waals surface area contributed by atoms with Crippen molar-refractivity contribution in [1.29, 1.82) is 0 Å². The monoisotopic (exact) mass is 391 g/mol. The summed E-state index contributed by atoms with van der Waals surface area (Å²) in [5.74, 6) is 0.874. The first-order chi connectivity index (χ1) is 14.1. The van der Waals surface area contributed by atoms with Crippen LogP contribution in [0.4, 0.5) is 4.39 Å². The van der Waals surface area contributed by atoms with Crippen LogP contribution in [0.25, 0.3) is 11.1 Å². The van der Waals surface area contributed by atoms with Crippen molar-refractivity contribution in [3.05, 3.63) is 72.3 Å². The molecule has 0 spiro atoms. The molecule has 0 saturated carbocycles. The maximum Gasteiger partial charge on any atom is 0.321 e. The molecule has 1 fully saturated rings. The lowest BCUT2D eigenvalue weighted by Crippen LogP contribution is -2.37. The van der Waals surface area contributed by atoms with Gasteiger partial charge in [0, 0.05) is 36.6 Å². The second-order valence-corrected chi connectivity index (χ2v) is 7.37. The SMILES string of the molecule is CC1CCN(C(=O)c2cccc(-c3cnc(Oc4ccc(F)cc4)nc3)c2)CC1. The molecule has 2 aromatic carbocycles. The zero-order valence-electron chi connectivity index (χ0n) is 16.2. The van der Waals surface area contributed by atoms with E-state index in [2.05, 4.69) is 16.9 Å². The van der Waals surface area contributed by atoms with Gasteiger partial charge in [-0.1, -0.05) is 19.1 Å². The highest BCUT2D eigenvalue weighted by Crippen LogP contribution is 2.24. The zero-order chi connectivity index (χ0) is 20.2. The number of piperidine rings is 1. The molecule has 1 aliphatic heterocycles. The molecule has 0 aliphatic carbocycles. The number of rotatable bonds is 4. The Hall–Kier alpha value is -3.28. The Balaban J connectivity index is 1.47. The first kappa shape index (κ1) is 19.1. The van der Waals surface area contributed by atoms with Crippen molar-refractivity contribution < 1.29 is 13.9 Å². The van der Waals surface area contributed by atoms with Crippen molar-refractivity contribution >= 4 is 5.91 Å². The van der Waals surface area contributed by atoms with E-state index < -0.39 is 0 Å². The maximum atomic E-state index is 13.0. The van der Waals surface area contributed by atoms with Gasteiger partial charge >= 0.3 is 6.01 Å². The second-order valence-electron chi connectivity index (χ2n) is 7.37. The van der Waals surface area contributed by atoms with Gasteiger partial charge in [0.2, 0.25) is 0 Å². The number of hydrogen-bond donors (Lipinski definition) is 0. The standard InChI is InChI=1S/C23H22FN3O2/c1-16-9-11-27(12-10-16)22(28)18-4-2-3-17(13-18)19-14-25-23(26-15-19)29-21-7-5-20(24)6-8-21/h2-8,13-16H,9-12H2,1H3. The molecule has 148 valence electrons. The molecular weight excluding hydrogens is 369 g/mol. The molecule has 6 heteroatoms. The number of likely N-dealkylation sites (tertiary alicyclic amines) is 1. The van der Waals surface area contributed by atoms with Crippen LogP contribution in [-0.4, -0.2) is 33.9 Å². The molecule has 0 bridgehead atoms. The van der Waals surface area contributed by atoms with Crippen LogP contribution >= 0.6 is 0 Å². The van der Waals surface area contributed by atoms with E-state index in [0.717, 1.165) is 37.1 Å². The van der Waals surface area contributed by atoms with Gasteiger partial charge in [-0.25, -0.2) is 14.4 Å². The van der Waals surface area contributed by atoms with E-state index in [9.17, 15) is 9.18 Å². The average molecular weight is 391 g/mol. The number of halogens is 1. The number of carbonyl (C=O) groups excluding carboxylic acids is 1. The molecule has 4 rings (SSSR count). The second kappa shape index (κ2) is 8.39.